The van der Waals surface area contributed by atoms with Gasteiger partial charge in [0.2, 0.25) is 0 Å². The standard InChI is InChI=1S/C14H19N3/c1-10(2)13(15-3)8-14-12-7-5-4-6-11(12)9-16-17-14/h4-7,9-10,13,15H,8H2,1-3H3. The van der Waals surface area contributed by atoms with Gasteiger partial charge in [0, 0.05) is 23.2 Å². The van der Waals surface area contributed by atoms with E-state index >= 15 is 0 Å². The van der Waals surface area contributed by atoms with Crippen molar-refractivity contribution in [3.63, 3.8) is 0 Å². The molecule has 1 aromatic carbocycles. The molecule has 0 radical (unpaired) electrons. The molecule has 0 aliphatic rings. The first-order valence-electron chi connectivity index (χ1n) is 6.09. The van der Waals surface area contributed by atoms with E-state index in [0.29, 0.717) is 12.0 Å². The average Bonchev–Trinajstić information content (AvgIpc) is 2.35. The fraction of sp³-hybridized carbons (Fsp3) is 0.429. The first kappa shape index (κ1) is 12.0. The van der Waals surface area contributed by atoms with Crippen molar-refractivity contribution in [3.8, 4) is 0 Å². The van der Waals surface area contributed by atoms with E-state index < -0.39 is 0 Å². The number of rotatable bonds is 4. The van der Waals surface area contributed by atoms with Crippen molar-refractivity contribution >= 4 is 10.8 Å². The Morgan fingerprint density at radius 1 is 1.24 bits per heavy atom. The Balaban J connectivity index is 2.35. The summed E-state index contributed by atoms with van der Waals surface area (Å²) < 4.78 is 0. The summed E-state index contributed by atoms with van der Waals surface area (Å²) in [4.78, 5) is 0. The highest BCUT2D eigenvalue weighted by Crippen LogP contribution is 2.18. The highest BCUT2D eigenvalue weighted by molar-refractivity contribution is 5.83. The van der Waals surface area contributed by atoms with Gasteiger partial charge in [0.15, 0.2) is 0 Å². The van der Waals surface area contributed by atoms with Gasteiger partial charge in [0.1, 0.15) is 0 Å². The second-order valence-corrected chi connectivity index (χ2v) is 4.72. The largest absolute Gasteiger partial charge is 0.316 e. The fourth-order valence-electron chi connectivity index (χ4n) is 2.12. The molecule has 1 unspecified atom stereocenters. The van der Waals surface area contributed by atoms with Crippen LogP contribution >= 0.6 is 0 Å². The Morgan fingerprint density at radius 3 is 2.71 bits per heavy atom. The summed E-state index contributed by atoms with van der Waals surface area (Å²) in [5.74, 6) is 0.584. The molecule has 3 nitrogen and oxygen atoms in total. The van der Waals surface area contributed by atoms with E-state index in [-0.39, 0.29) is 0 Å². The predicted molar refractivity (Wildman–Crippen MR) is 70.9 cm³/mol. The third kappa shape index (κ3) is 2.61. The monoisotopic (exact) mass is 229 g/mol. The minimum Gasteiger partial charge on any atom is -0.316 e. The summed E-state index contributed by atoms with van der Waals surface area (Å²) in [6.07, 6.45) is 2.74. The van der Waals surface area contributed by atoms with Gasteiger partial charge in [-0.25, -0.2) is 0 Å². The van der Waals surface area contributed by atoms with E-state index in [1.165, 1.54) is 5.39 Å². The highest BCUT2D eigenvalue weighted by Gasteiger charge is 2.14. The van der Waals surface area contributed by atoms with Gasteiger partial charge in [-0.1, -0.05) is 38.1 Å². The second-order valence-electron chi connectivity index (χ2n) is 4.72. The van der Waals surface area contributed by atoms with Crippen LogP contribution in [-0.4, -0.2) is 23.3 Å². The molecule has 1 aromatic heterocycles. The van der Waals surface area contributed by atoms with E-state index in [9.17, 15) is 0 Å². The predicted octanol–water partition coefficient (Wildman–Crippen LogP) is 2.42. The normalized spacial score (nSPS) is 13.2. The molecule has 2 rings (SSSR count). The quantitative estimate of drug-likeness (QED) is 0.875. The van der Waals surface area contributed by atoms with Gasteiger partial charge in [-0.3, -0.25) is 0 Å². The maximum atomic E-state index is 4.29. The molecule has 0 aliphatic carbocycles. The van der Waals surface area contributed by atoms with Crippen LogP contribution in [0.2, 0.25) is 0 Å². The zero-order valence-corrected chi connectivity index (χ0v) is 10.6. The van der Waals surface area contributed by atoms with E-state index in [0.717, 1.165) is 17.5 Å². The average molecular weight is 229 g/mol. The van der Waals surface area contributed by atoms with Crippen molar-refractivity contribution < 1.29 is 0 Å². The maximum Gasteiger partial charge on any atom is 0.0724 e. The number of fused-ring (bicyclic) bond motifs is 1. The summed E-state index contributed by atoms with van der Waals surface area (Å²) in [5, 5.41) is 14.1. The molecule has 3 heteroatoms. The van der Waals surface area contributed by atoms with Crippen LogP contribution in [0.25, 0.3) is 10.8 Å². The van der Waals surface area contributed by atoms with Crippen molar-refractivity contribution in [2.75, 3.05) is 7.05 Å². The topological polar surface area (TPSA) is 37.8 Å². The molecule has 0 amide bonds. The van der Waals surface area contributed by atoms with Crippen molar-refractivity contribution in [1.82, 2.24) is 15.5 Å². The number of benzene rings is 1. The van der Waals surface area contributed by atoms with Gasteiger partial charge < -0.3 is 5.32 Å². The van der Waals surface area contributed by atoms with Gasteiger partial charge in [0.25, 0.3) is 0 Å². The number of aromatic nitrogens is 2. The van der Waals surface area contributed by atoms with E-state index in [4.69, 9.17) is 0 Å². The lowest BCUT2D eigenvalue weighted by atomic mass is 9.97. The summed E-state index contributed by atoms with van der Waals surface area (Å²) in [5.41, 5.74) is 1.08. The molecule has 0 fully saturated rings. The molecule has 0 saturated carbocycles. The SMILES string of the molecule is CNC(Cc1nncc2ccccc12)C(C)C. The van der Waals surface area contributed by atoms with Crippen molar-refractivity contribution in [2.24, 2.45) is 5.92 Å². The molecular weight excluding hydrogens is 210 g/mol. The van der Waals surface area contributed by atoms with Crippen LogP contribution in [0.15, 0.2) is 30.5 Å². The molecular formula is C14H19N3. The number of nitrogens with zero attached hydrogens (tertiary/aromatic N) is 2. The van der Waals surface area contributed by atoms with E-state index in [2.05, 4.69) is 47.6 Å². The third-order valence-electron chi connectivity index (χ3n) is 3.24. The zero-order valence-electron chi connectivity index (χ0n) is 10.6. The summed E-state index contributed by atoms with van der Waals surface area (Å²) in [6.45, 7) is 4.44. The lowest BCUT2D eigenvalue weighted by Gasteiger charge is -2.19. The van der Waals surface area contributed by atoms with Gasteiger partial charge in [-0.2, -0.15) is 10.2 Å². The molecule has 1 heterocycles. The second kappa shape index (κ2) is 5.23. The van der Waals surface area contributed by atoms with Gasteiger partial charge in [-0.05, 0) is 13.0 Å². The molecule has 2 aromatic rings. The van der Waals surface area contributed by atoms with E-state index in [1.54, 1.807) is 0 Å². The summed E-state index contributed by atoms with van der Waals surface area (Å²) in [7, 11) is 2.00. The molecule has 0 spiro atoms. The highest BCUT2D eigenvalue weighted by atomic mass is 15.1. The van der Waals surface area contributed by atoms with Gasteiger partial charge in [0.05, 0.1) is 11.9 Å². The zero-order chi connectivity index (χ0) is 12.3. The van der Waals surface area contributed by atoms with Crippen LogP contribution in [-0.2, 0) is 6.42 Å². The number of hydrogen-bond acceptors (Lipinski definition) is 3. The van der Waals surface area contributed by atoms with Crippen molar-refractivity contribution in [1.29, 1.82) is 0 Å². The molecule has 17 heavy (non-hydrogen) atoms. The molecule has 0 saturated heterocycles. The minimum atomic E-state index is 0.440. The molecule has 1 N–H and O–H groups in total. The Bertz CT molecular complexity index is 488. The molecule has 1 atom stereocenters. The van der Waals surface area contributed by atoms with Crippen LogP contribution in [0.4, 0.5) is 0 Å². The van der Waals surface area contributed by atoms with Gasteiger partial charge in [-0.15, -0.1) is 0 Å². The Labute approximate surface area is 102 Å². The van der Waals surface area contributed by atoms with Gasteiger partial charge >= 0.3 is 0 Å². The third-order valence-corrected chi connectivity index (χ3v) is 3.24. The fourth-order valence-corrected chi connectivity index (χ4v) is 2.12. The first-order valence-corrected chi connectivity index (χ1v) is 6.09. The smallest absolute Gasteiger partial charge is 0.0724 e. The summed E-state index contributed by atoms with van der Waals surface area (Å²) in [6, 6.07) is 8.72. The van der Waals surface area contributed by atoms with Crippen LogP contribution in [0.5, 0.6) is 0 Å². The maximum absolute atomic E-state index is 4.29. The van der Waals surface area contributed by atoms with E-state index in [1.807, 2.05) is 19.3 Å². The number of likely N-dealkylation sites (N-methyl/N-ethyl adjacent to an activating group) is 1. The van der Waals surface area contributed by atoms with Crippen molar-refractivity contribution in [2.45, 2.75) is 26.3 Å². The van der Waals surface area contributed by atoms with Crippen LogP contribution in [0.3, 0.4) is 0 Å². The summed E-state index contributed by atoms with van der Waals surface area (Å²) >= 11 is 0. The van der Waals surface area contributed by atoms with Crippen LogP contribution in [0, 0.1) is 5.92 Å². The first-order chi connectivity index (χ1) is 8.22. The Kier molecular flexibility index (Phi) is 3.69. The number of hydrogen-bond donors (Lipinski definition) is 1. The van der Waals surface area contributed by atoms with Crippen LogP contribution < -0.4 is 5.32 Å². The van der Waals surface area contributed by atoms with Crippen LogP contribution in [0.1, 0.15) is 19.5 Å². The minimum absolute atomic E-state index is 0.440. The molecule has 90 valence electrons. The lowest BCUT2D eigenvalue weighted by molar-refractivity contribution is 0.421. The Hall–Kier alpha value is -1.48. The number of nitrogens with one attached hydrogen (secondary N) is 1. The van der Waals surface area contributed by atoms with Crippen molar-refractivity contribution in [3.05, 3.63) is 36.2 Å². The Morgan fingerprint density at radius 2 is 2.00 bits per heavy atom. The lowest BCUT2D eigenvalue weighted by Crippen LogP contribution is -2.33. The molecule has 0 bridgehead atoms. The molecule has 0 aliphatic heterocycles.